The van der Waals surface area contributed by atoms with Gasteiger partial charge in [0.1, 0.15) is 22.4 Å². The molecule has 17 heavy (non-hydrogen) atoms. The number of anilines is 1. The van der Waals surface area contributed by atoms with Gasteiger partial charge in [0.15, 0.2) is 0 Å². The highest BCUT2D eigenvalue weighted by molar-refractivity contribution is 7.79. The second-order valence-electron chi connectivity index (χ2n) is 4.28. The van der Waals surface area contributed by atoms with Crippen molar-refractivity contribution < 1.29 is 9.53 Å². The van der Waals surface area contributed by atoms with Crippen LogP contribution in [-0.4, -0.2) is 21.7 Å². The van der Waals surface area contributed by atoms with E-state index in [1.807, 2.05) is 0 Å². The maximum absolute atomic E-state index is 11.5. The van der Waals surface area contributed by atoms with Crippen LogP contribution in [0.15, 0.2) is 6.07 Å². The van der Waals surface area contributed by atoms with E-state index >= 15 is 0 Å². The first kappa shape index (κ1) is 14.1. The number of halogens is 1. The summed E-state index contributed by atoms with van der Waals surface area (Å²) in [5.74, 6) is 1.07. The van der Waals surface area contributed by atoms with Gasteiger partial charge in [0.05, 0.1) is 5.75 Å². The standard InChI is InChI=1S/C10H14ClN3O2S/c1-10(2,3)16-9(15)14-7-4-6(11)12-8(5-17)13-7/h4,17H,5H2,1-3H3,(H,12,13,14,15). The van der Waals surface area contributed by atoms with Crippen LogP contribution >= 0.6 is 24.2 Å². The van der Waals surface area contributed by atoms with E-state index in [-0.39, 0.29) is 5.15 Å². The summed E-state index contributed by atoms with van der Waals surface area (Å²) in [6.07, 6.45) is -0.586. The molecule has 5 nitrogen and oxygen atoms in total. The zero-order valence-electron chi connectivity index (χ0n) is 9.82. The van der Waals surface area contributed by atoms with E-state index in [0.717, 1.165) is 0 Å². The van der Waals surface area contributed by atoms with Crippen molar-refractivity contribution in [2.45, 2.75) is 32.1 Å². The molecule has 1 amide bonds. The fraction of sp³-hybridized carbons (Fsp3) is 0.500. The van der Waals surface area contributed by atoms with Crippen LogP contribution in [0, 0.1) is 0 Å². The average molecular weight is 276 g/mol. The Labute approximate surface area is 110 Å². The molecule has 0 aliphatic heterocycles. The van der Waals surface area contributed by atoms with Gasteiger partial charge in [0.25, 0.3) is 0 Å². The fourth-order valence-electron chi connectivity index (χ4n) is 1.01. The van der Waals surface area contributed by atoms with Gasteiger partial charge in [0.2, 0.25) is 0 Å². The predicted molar refractivity (Wildman–Crippen MR) is 69.6 cm³/mol. The van der Waals surface area contributed by atoms with Crippen molar-refractivity contribution in [3.05, 3.63) is 17.0 Å². The number of amides is 1. The zero-order valence-corrected chi connectivity index (χ0v) is 11.5. The second-order valence-corrected chi connectivity index (χ2v) is 4.98. The van der Waals surface area contributed by atoms with Crippen LogP contribution in [0.25, 0.3) is 0 Å². The minimum atomic E-state index is -0.586. The lowest BCUT2D eigenvalue weighted by atomic mass is 10.2. The number of nitrogens with zero attached hydrogens (tertiary/aromatic N) is 2. The molecule has 0 atom stereocenters. The lowest BCUT2D eigenvalue weighted by Gasteiger charge is -2.19. The lowest BCUT2D eigenvalue weighted by molar-refractivity contribution is 0.0635. The summed E-state index contributed by atoms with van der Waals surface area (Å²) in [7, 11) is 0. The molecule has 1 aromatic heterocycles. The van der Waals surface area contributed by atoms with Crippen molar-refractivity contribution in [2.75, 3.05) is 5.32 Å². The maximum Gasteiger partial charge on any atom is 0.413 e. The van der Waals surface area contributed by atoms with E-state index < -0.39 is 11.7 Å². The number of thiol groups is 1. The Morgan fingerprint density at radius 1 is 1.53 bits per heavy atom. The van der Waals surface area contributed by atoms with Crippen LogP contribution in [-0.2, 0) is 10.5 Å². The highest BCUT2D eigenvalue weighted by Crippen LogP contribution is 2.14. The Morgan fingerprint density at radius 3 is 2.71 bits per heavy atom. The number of nitrogens with one attached hydrogen (secondary N) is 1. The van der Waals surface area contributed by atoms with Crippen molar-refractivity contribution in [3.63, 3.8) is 0 Å². The third-order valence-electron chi connectivity index (χ3n) is 1.51. The molecule has 0 aliphatic rings. The molecule has 0 unspecified atom stereocenters. The highest BCUT2D eigenvalue weighted by atomic mass is 35.5. The monoisotopic (exact) mass is 275 g/mol. The number of carbonyl (C=O) groups excluding carboxylic acids is 1. The van der Waals surface area contributed by atoms with Gasteiger partial charge in [-0.1, -0.05) is 11.6 Å². The molecule has 0 spiro atoms. The zero-order chi connectivity index (χ0) is 13.1. The van der Waals surface area contributed by atoms with Crippen molar-refractivity contribution in [3.8, 4) is 0 Å². The topological polar surface area (TPSA) is 64.1 Å². The van der Waals surface area contributed by atoms with Crippen molar-refractivity contribution >= 4 is 36.1 Å². The van der Waals surface area contributed by atoms with E-state index in [2.05, 4.69) is 27.9 Å². The number of ether oxygens (including phenoxy) is 1. The third kappa shape index (κ3) is 5.23. The summed E-state index contributed by atoms with van der Waals surface area (Å²) in [4.78, 5) is 19.4. The average Bonchev–Trinajstić information content (AvgIpc) is 2.13. The molecule has 1 rings (SSSR count). The van der Waals surface area contributed by atoms with Crippen LogP contribution in [0.4, 0.5) is 10.6 Å². The first-order valence-corrected chi connectivity index (χ1v) is 5.95. The van der Waals surface area contributed by atoms with Crippen LogP contribution in [0.1, 0.15) is 26.6 Å². The summed E-state index contributed by atoms with van der Waals surface area (Å²) in [5.41, 5.74) is -0.562. The fourth-order valence-corrected chi connectivity index (χ4v) is 1.35. The van der Waals surface area contributed by atoms with Crippen molar-refractivity contribution in [1.82, 2.24) is 9.97 Å². The van der Waals surface area contributed by atoms with Crippen LogP contribution in [0.2, 0.25) is 5.15 Å². The van der Waals surface area contributed by atoms with E-state index in [0.29, 0.717) is 17.4 Å². The van der Waals surface area contributed by atoms with Gasteiger partial charge >= 0.3 is 6.09 Å². The molecule has 0 fully saturated rings. The van der Waals surface area contributed by atoms with Gasteiger partial charge in [-0.2, -0.15) is 12.6 Å². The Kier molecular flexibility index (Phi) is 4.59. The SMILES string of the molecule is CC(C)(C)OC(=O)Nc1cc(Cl)nc(CS)n1. The summed E-state index contributed by atoms with van der Waals surface area (Å²) in [6, 6.07) is 1.44. The summed E-state index contributed by atoms with van der Waals surface area (Å²) in [5, 5.41) is 2.73. The Balaban J connectivity index is 2.74. The molecule has 0 bridgehead atoms. The van der Waals surface area contributed by atoms with Crippen molar-refractivity contribution in [2.24, 2.45) is 0 Å². The molecule has 1 aromatic rings. The van der Waals surface area contributed by atoms with Crippen LogP contribution in [0.3, 0.4) is 0 Å². The van der Waals surface area contributed by atoms with Gasteiger partial charge in [-0.25, -0.2) is 14.8 Å². The smallest absolute Gasteiger partial charge is 0.413 e. The van der Waals surface area contributed by atoms with E-state index in [1.165, 1.54) is 6.07 Å². The first-order valence-electron chi connectivity index (χ1n) is 4.94. The second kappa shape index (κ2) is 5.55. The Morgan fingerprint density at radius 2 is 2.18 bits per heavy atom. The van der Waals surface area contributed by atoms with Crippen molar-refractivity contribution in [1.29, 1.82) is 0 Å². The van der Waals surface area contributed by atoms with Crippen LogP contribution in [0.5, 0.6) is 0 Å². The summed E-state index contributed by atoms with van der Waals surface area (Å²) in [6.45, 7) is 5.33. The number of carbonyl (C=O) groups is 1. The van der Waals surface area contributed by atoms with Crippen LogP contribution < -0.4 is 5.32 Å². The molecule has 0 radical (unpaired) electrons. The van der Waals surface area contributed by atoms with Gasteiger partial charge in [-0.05, 0) is 20.8 Å². The van der Waals surface area contributed by atoms with Gasteiger partial charge < -0.3 is 4.74 Å². The molecular weight excluding hydrogens is 262 g/mol. The van der Waals surface area contributed by atoms with E-state index in [1.54, 1.807) is 20.8 Å². The third-order valence-corrected chi connectivity index (χ3v) is 1.99. The molecule has 0 aliphatic carbocycles. The largest absolute Gasteiger partial charge is 0.444 e. The molecule has 94 valence electrons. The molecule has 7 heteroatoms. The van der Waals surface area contributed by atoms with Gasteiger partial charge in [0, 0.05) is 6.07 Å². The number of hydrogen-bond donors (Lipinski definition) is 2. The first-order chi connectivity index (χ1) is 7.80. The number of hydrogen-bond acceptors (Lipinski definition) is 5. The molecule has 0 saturated heterocycles. The van der Waals surface area contributed by atoms with E-state index in [9.17, 15) is 4.79 Å². The van der Waals surface area contributed by atoms with E-state index in [4.69, 9.17) is 16.3 Å². The van der Waals surface area contributed by atoms with Gasteiger partial charge in [-0.3, -0.25) is 5.32 Å². The lowest BCUT2D eigenvalue weighted by Crippen LogP contribution is -2.27. The Bertz CT molecular complexity index is 421. The minimum absolute atomic E-state index is 0.245. The highest BCUT2D eigenvalue weighted by Gasteiger charge is 2.16. The quantitative estimate of drug-likeness (QED) is 0.643. The normalized spacial score (nSPS) is 11.1. The molecule has 1 heterocycles. The minimum Gasteiger partial charge on any atom is -0.444 e. The van der Waals surface area contributed by atoms with Gasteiger partial charge in [-0.15, -0.1) is 0 Å². The Hall–Kier alpha value is -1.01. The molecular formula is C10H14ClN3O2S. The summed E-state index contributed by atoms with van der Waals surface area (Å²) < 4.78 is 5.08. The molecule has 0 saturated carbocycles. The molecule has 1 N–H and O–H groups in total. The number of aromatic nitrogens is 2. The predicted octanol–water partition coefficient (Wildman–Crippen LogP) is 2.91. The number of rotatable bonds is 2. The molecule has 0 aromatic carbocycles. The maximum atomic E-state index is 11.5. The summed E-state index contributed by atoms with van der Waals surface area (Å²) >= 11 is 9.80.